The molecule has 0 bridgehead atoms. The molecule has 3 aromatic rings. The number of hydrogen-bond acceptors (Lipinski definition) is 4. The van der Waals surface area contributed by atoms with Crippen LogP contribution in [0.2, 0.25) is 0 Å². The predicted molar refractivity (Wildman–Crippen MR) is 143 cm³/mol. The summed E-state index contributed by atoms with van der Waals surface area (Å²) in [6, 6.07) is 21.0. The zero-order chi connectivity index (χ0) is 27.0. The van der Waals surface area contributed by atoms with Gasteiger partial charge in [0.1, 0.15) is 18.4 Å². The molecule has 3 rings (SSSR count). The van der Waals surface area contributed by atoms with Gasteiger partial charge in [0, 0.05) is 19.5 Å². The van der Waals surface area contributed by atoms with Crippen molar-refractivity contribution in [2.24, 2.45) is 0 Å². The number of hydrogen-bond donors (Lipinski definition) is 1. The highest BCUT2D eigenvalue weighted by molar-refractivity contribution is 7.92. The highest BCUT2D eigenvalue weighted by Crippen LogP contribution is 2.21. The summed E-state index contributed by atoms with van der Waals surface area (Å²) in [6.07, 6.45) is 1.20. The molecule has 0 saturated carbocycles. The number of carbonyl (C=O) groups excluding carboxylic acids is 2. The number of nitrogens with one attached hydrogen (secondary N) is 1. The van der Waals surface area contributed by atoms with Crippen LogP contribution in [-0.4, -0.2) is 50.5 Å². The van der Waals surface area contributed by atoms with Crippen molar-refractivity contribution < 1.29 is 22.4 Å². The van der Waals surface area contributed by atoms with Crippen LogP contribution in [0.3, 0.4) is 0 Å². The summed E-state index contributed by atoms with van der Waals surface area (Å²) in [6.45, 7) is 3.60. The first kappa shape index (κ1) is 27.9. The van der Waals surface area contributed by atoms with Gasteiger partial charge in [0.15, 0.2) is 0 Å². The van der Waals surface area contributed by atoms with Gasteiger partial charge in [0.25, 0.3) is 0 Å². The van der Waals surface area contributed by atoms with Crippen molar-refractivity contribution in [3.63, 3.8) is 0 Å². The van der Waals surface area contributed by atoms with Crippen LogP contribution in [0.1, 0.15) is 23.6 Å². The van der Waals surface area contributed by atoms with E-state index < -0.39 is 34.3 Å². The summed E-state index contributed by atoms with van der Waals surface area (Å²) in [5, 5.41) is 2.81. The molecule has 0 unspecified atom stereocenters. The first-order chi connectivity index (χ1) is 17.6. The zero-order valence-corrected chi connectivity index (χ0v) is 22.0. The number of sulfonamides is 1. The fraction of sp³-hybridized carbons (Fsp3) is 0.286. The van der Waals surface area contributed by atoms with Crippen molar-refractivity contribution in [2.45, 2.75) is 32.9 Å². The molecule has 7 nitrogen and oxygen atoms in total. The molecule has 0 aliphatic heterocycles. The Bertz CT molecular complexity index is 1330. The molecule has 3 aromatic carbocycles. The molecule has 0 aliphatic rings. The van der Waals surface area contributed by atoms with Gasteiger partial charge >= 0.3 is 0 Å². The number of rotatable bonds is 11. The fourth-order valence-electron chi connectivity index (χ4n) is 4.10. The fourth-order valence-corrected chi connectivity index (χ4v) is 4.94. The summed E-state index contributed by atoms with van der Waals surface area (Å²) in [7, 11) is -3.94. The molecule has 0 radical (unpaired) electrons. The molecular formula is C28H32FN3O4S. The van der Waals surface area contributed by atoms with Gasteiger partial charge in [-0.2, -0.15) is 0 Å². The topological polar surface area (TPSA) is 86.8 Å². The zero-order valence-electron chi connectivity index (χ0n) is 21.2. The van der Waals surface area contributed by atoms with Crippen LogP contribution in [0, 0.1) is 12.7 Å². The molecule has 1 N–H and O–H groups in total. The predicted octanol–water partition coefficient (Wildman–Crippen LogP) is 3.68. The monoisotopic (exact) mass is 525 g/mol. The molecule has 0 fully saturated rings. The maximum Gasteiger partial charge on any atom is 0.244 e. The molecule has 0 aromatic heterocycles. The lowest BCUT2D eigenvalue weighted by Gasteiger charge is -2.33. The smallest absolute Gasteiger partial charge is 0.244 e. The molecule has 0 spiro atoms. The summed E-state index contributed by atoms with van der Waals surface area (Å²) in [5.41, 5.74) is 2.67. The van der Waals surface area contributed by atoms with E-state index in [-0.39, 0.29) is 24.6 Å². The number of anilines is 1. The highest BCUT2D eigenvalue weighted by Gasteiger charge is 2.32. The highest BCUT2D eigenvalue weighted by atomic mass is 32.2. The van der Waals surface area contributed by atoms with E-state index in [1.165, 1.54) is 23.1 Å². The Labute approximate surface area is 218 Å². The van der Waals surface area contributed by atoms with Crippen LogP contribution < -0.4 is 9.62 Å². The minimum absolute atomic E-state index is 0.0315. The number of halogens is 1. The third-order valence-corrected chi connectivity index (χ3v) is 6.97. The quantitative estimate of drug-likeness (QED) is 0.414. The number of benzene rings is 3. The third kappa shape index (κ3) is 7.88. The summed E-state index contributed by atoms with van der Waals surface area (Å²) in [4.78, 5) is 28.5. The van der Waals surface area contributed by atoms with E-state index >= 15 is 0 Å². The van der Waals surface area contributed by atoms with E-state index in [9.17, 15) is 22.4 Å². The van der Waals surface area contributed by atoms with Crippen LogP contribution in [0.4, 0.5) is 10.1 Å². The lowest BCUT2D eigenvalue weighted by molar-refractivity contribution is -0.140. The molecule has 0 saturated heterocycles. The molecule has 37 heavy (non-hydrogen) atoms. The Balaban J connectivity index is 2.04. The normalized spacial score (nSPS) is 12.0. The molecular weight excluding hydrogens is 493 g/mol. The van der Waals surface area contributed by atoms with Crippen molar-refractivity contribution in [3.8, 4) is 0 Å². The van der Waals surface area contributed by atoms with Gasteiger partial charge in [-0.05, 0) is 43.2 Å². The number of nitrogens with zero attached hydrogens (tertiary/aromatic N) is 2. The van der Waals surface area contributed by atoms with Gasteiger partial charge in [-0.25, -0.2) is 12.8 Å². The van der Waals surface area contributed by atoms with Crippen LogP contribution in [0.25, 0.3) is 0 Å². The number of carbonyl (C=O) groups is 2. The summed E-state index contributed by atoms with van der Waals surface area (Å²) in [5.74, 6) is -1.55. The molecule has 9 heteroatoms. The van der Waals surface area contributed by atoms with Crippen molar-refractivity contribution in [2.75, 3.05) is 23.7 Å². The minimum Gasteiger partial charge on any atom is -0.355 e. The first-order valence-electron chi connectivity index (χ1n) is 12.0. The van der Waals surface area contributed by atoms with Crippen molar-refractivity contribution in [1.29, 1.82) is 0 Å². The van der Waals surface area contributed by atoms with Gasteiger partial charge < -0.3 is 10.2 Å². The largest absolute Gasteiger partial charge is 0.355 e. The van der Waals surface area contributed by atoms with Gasteiger partial charge in [0.2, 0.25) is 21.8 Å². The Kier molecular flexibility index (Phi) is 9.41. The van der Waals surface area contributed by atoms with Crippen molar-refractivity contribution in [3.05, 3.63) is 101 Å². The third-order valence-electron chi connectivity index (χ3n) is 5.83. The van der Waals surface area contributed by atoms with Gasteiger partial charge in [-0.15, -0.1) is 0 Å². The Morgan fingerprint density at radius 3 is 2.24 bits per heavy atom. The maximum atomic E-state index is 13.9. The van der Waals surface area contributed by atoms with E-state index in [0.717, 1.165) is 33.3 Å². The lowest BCUT2D eigenvalue weighted by atomic mass is 10.0. The van der Waals surface area contributed by atoms with E-state index in [0.29, 0.717) is 6.54 Å². The average molecular weight is 526 g/mol. The number of aryl methyl sites for hydroxylation is 1. The van der Waals surface area contributed by atoms with Crippen LogP contribution in [-0.2, 0) is 32.6 Å². The second kappa shape index (κ2) is 12.5. The van der Waals surface area contributed by atoms with Crippen LogP contribution in [0.5, 0.6) is 0 Å². The van der Waals surface area contributed by atoms with Crippen molar-refractivity contribution in [1.82, 2.24) is 10.2 Å². The molecule has 0 heterocycles. The lowest BCUT2D eigenvalue weighted by Crippen LogP contribution is -2.53. The van der Waals surface area contributed by atoms with Crippen LogP contribution >= 0.6 is 0 Å². The Hall–Kier alpha value is -3.72. The SMILES string of the molecule is CCNC(=O)[C@@H](Cc1ccccc1)N(Cc1cccc(C)c1)C(=O)CN(c1cccc(F)c1)S(C)(=O)=O. The number of amides is 2. The van der Waals surface area contributed by atoms with Gasteiger partial charge in [-0.1, -0.05) is 66.2 Å². The van der Waals surface area contributed by atoms with Gasteiger partial charge in [-0.3, -0.25) is 13.9 Å². The summed E-state index contributed by atoms with van der Waals surface area (Å²) < 4.78 is 40.1. The first-order valence-corrected chi connectivity index (χ1v) is 13.8. The summed E-state index contributed by atoms with van der Waals surface area (Å²) >= 11 is 0. The van der Waals surface area contributed by atoms with E-state index in [1.54, 1.807) is 6.92 Å². The molecule has 0 aliphatic carbocycles. The second-order valence-corrected chi connectivity index (χ2v) is 10.8. The minimum atomic E-state index is -3.94. The maximum absolute atomic E-state index is 13.9. The van der Waals surface area contributed by atoms with Gasteiger partial charge in [0.05, 0.1) is 11.9 Å². The molecule has 1 atom stereocenters. The average Bonchev–Trinajstić information content (AvgIpc) is 2.84. The Morgan fingerprint density at radius 1 is 0.946 bits per heavy atom. The molecule has 2 amide bonds. The number of likely N-dealkylation sites (N-methyl/N-ethyl adjacent to an activating group) is 1. The van der Waals surface area contributed by atoms with E-state index in [2.05, 4.69) is 5.32 Å². The van der Waals surface area contributed by atoms with Crippen LogP contribution in [0.15, 0.2) is 78.9 Å². The molecule has 196 valence electrons. The Morgan fingerprint density at radius 2 is 1.62 bits per heavy atom. The van der Waals surface area contributed by atoms with E-state index in [4.69, 9.17) is 0 Å². The van der Waals surface area contributed by atoms with E-state index in [1.807, 2.05) is 61.5 Å². The van der Waals surface area contributed by atoms with Crippen molar-refractivity contribution >= 4 is 27.5 Å². The second-order valence-electron chi connectivity index (χ2n) is 8.86. The standard InChI is InChI=1S/C28H32FN3O4S/c1-4-30-28(34)26(17-22-11-6-5-7-12-22)31(19-23-13-8-10-21(2)16-23)27(33)20-32(37(3,35)36)25-15-9-14-24(29)18-25/h5-16,18,26H,4,17,19-20H2,1-3H3,(H,30,34)/t26-/m1/s1.